The average molecular weight is 332 g/mol. The number of carbonyl (C=O) groups is 1. The number of halogens is 1. The van der Waals surface area contributed by atoms with Crippen molar-refractivity contribution >= 4 is 31.9 Å². The van der Waals surface area contributed by atoms with E-state index in [0.29, 0.717) is 10.9 Å². The molecule has 0 saturated carbocycles. The van der Waals surface area contributed by atoms with Gasteiger partial charge in [-0.3, -0.25) is 4.79 Å². The molecule has 2 rings (SSSR count). The van der Waals surface area contributed by atoms with Crippen LogP contribution < -0.4 is 0 Å². The second kappa shape index (κ2) is 5.01. The number of carbonyl (C=O) groups excluding carboxylic acids is 1. The number of rotatable bonds is 4. The Morgan fingerprint density at radius 2 is 2.00 bits per heavy atom. The van der Waals surface area contributed by atoms with Gasteiger partial charge in [0.25, 0.3) is 15.9 Å². The maximum atomic E-state index is 12.2. The van der Waals surface area contributed by atoms with E-state index < -0.39 is 15.9 Å². The van der Waals surface area contributed by atoms with Gasteiger partial charge in [0.05, 0.1) is 5.56 Å². The van der Waals surface area contributed by atoms with Crippen molar-refractivity contribution < 1.29 is 13.2 Å². The number of amides is 1. The first kappa shape index (κ1) is 13.5. The summed E-state index contributed by atoms with van der Waals surface area (Å²) in [6.45, 7) is 2.30. The summed E-state index contributed by atoms with van der Waals surface area (Å²) >= 11 is 3.25. The lowest BCUT2D eigenvalue weighted by Gasteiger charge is -2.14. The van der Waals surface area contributed by atoms with E-state index in [0.717, 1.165) is 17.1 Å². The monoisotopic (exact) mass is 331 g/mol. The second-order valence-corrected chi connectivity index (χ2v) is 6.98. The lowest BCUT2D eigenvalue weighted by atomic mass is 10.2. The minimum Gasteiger partial charge on any atom is -0.268 e. The fourth-order valence-corrected chi connectivity index (χ4v) is 3.93. The molecule has 6 heteroatoms. The van der Waals surface area contributed by atoms with Crippen LogP contribution in [0, 0.1) is 0 Å². The molecule has 0 aromatic heterocycles. The van der Waals surface area contributed by atoms with Crippen LogP contribution in [0.1, 0.15) is 36.5 Å². The predicted molar refractivity (Wildman–Crippen MR) is 71.9 cm³/mol. The molecule has 0 bridgehead atoms. The predicted octanol–water partition coefficient (Wildman–Crippen LogP) is 2.78. The largest absolute Gasteiger partial charge is 0.269 e. The molecule has 1 aliphatic heterocycles. The summed E-state index contributed by atoms with van der Waals surface area (Å²) in [4.78, 5) is 12.2. The molecule has 4 nitrogen and oxygen atoms in total. The second-order valence-electron chi connectivity index (χ2n) is 4.23. The van der Waals surface area contributed by atoms with Crippen molar-refractivity contribution in [2.45, 2.75) is 31.1 Å². The Morgan fingerprint density at radius 3 is 2.67 bits per heavy atom. The zero-order valence-electron chi connectivity index (χ0n) is 10.0. The highest BCUT2D eigenvalue weighted by Crippen LogP contribution is 2.32. The van der Waals surface area contributed by atoms with E-state index in [4.69, 9.17) is 0 Å². The van der Waals surface area contributed by atoms with E-state index in [2.05, 4.69) is 15.9 Å². The number of sulfonamides is 1. The molecule has 0 radical (unpaired) electrons. The Kier molecular flexibility index (Phi) is 3.77. The van der Waals surface area contributed by atoms with Crippen molar-refractivity contribution in [1.29, 1.82) is 0 Å². The van der Waals surface area contributed by atoms with Crippen LogP contribution in [0.2, 0.25) is 0 Å². The lowest BCUT2D eigenvalue weighted by Crippen LogP contribution is -2.30. The first-order valence-corrected chi connectivity index (χ1v) is 8.08. The van der Waals surface area contributed by atoms with Gasteiger partial charge in [0.2, 0.25) is 0 Å². The Labute approximate surface area is 115 Å². The zero-order chi connectivity index (χ0) is 13.3. The third-order valence-corrected chi connectivity index (χ3v) is 5.27. The fraction of sp³-hybridized carbons (Fsp3) is 0.417. The number of unbranched alkanes of at least 4 members (excludes halogenated alkanes) is 2. The molecule has 1 aromatic carbocycles. The first-order chi connectivity index (χ1) is 8.48. The molecular weight excluding hydrogens is 318 g/mol. The van der Waals surface area contributed by atoms with E-state index in [1.54, 1.807) is 12.1 Å². The smallest absolute Gasteiger partial charge is 0.268 e. The molecule has 0 saturated heterocycles. The van der Waals surface area contributed by atoms with Gasteiger partial charge in [0.1, 0.15) is 4.90 Å². The van der Waals surface area contributed by atoms with Gasteiger partial charge in [-0.25, -0.2) is 12.7 Å². The SMILES string of the molecule is CCCCCN1C(=O)c2cc(Br)ccc2S1(=O)=O. The van der Waals surface area contributed by atoms with Crippen LogP contribution in [0.25, 0.3) is 0 Å². The molecule has 1 aromatic rings. The van der Waals surface area contributed by atoms with Crippen molar-refractivity contribution in [2.24, 2.45) is 0 Å². The molecular formula is C12H14BrNO3S. The maximum absolute atomic E-state index is 12.2. The fourth-order valence-electron chi connectivity index (χ4n) is 1.98. The summed E-state index contributed by atoms with van der Waals surface area (Å²) in [6, 6.07) is 4.68. The highest BCUT2D eigenvalue weighted by Gasteiger charge is 2.40. The van der Waals surface area contributed by atoms with E-state index in [1.165, 1.54) is 6.07 Å². The Bertz CT molecular complexity index is 583. The number of nitrogens with zero attached hydrogens (tertiary/aromatic N) is 1. The van der Waals surface area contributed by atoms with Crippen molar-refractivity contribution in [3.8, 4) is 0 Å². The molecule has 0 fully saturated rings. The highest BCUT2D eigenvalue weighted by atomic mass is 79.9. The highest BCUT2D eigenvalue weighted by molar-refractivity contribution is 9.10. The van der Waals surface area contributed by atoms with Crippen LogP contribution in [0.15, 0.2) is 27.6 Å². The van der Waals surface area contributed by atoms with Gasteiger partial charge in [-0.05, 0) is 24.6 Å². The minimum absolute atomic E-state index is 0.118. The maximum Gasteiger partial charge on any atom is 0.269 e. The van der Waals surface area contributed by atoms with Crippen molar-refractivity contribution in [3.63, 3.8) is 0 Å². The molecule has 0 atom stereocenters. The molecule has 1 heterocycles. The van der Waals surface area contributed by atoms with Gasteiger partial charge >= 0.3 is 0 Å². The Balaban J connectivity index is 2.35. The summed E-state index contributed by atoms with van der Waals surface area (Å²) in [7, 11) is -3.63. The standard InChI is InChI=1S/C12H14BrNO3S/c1-2-3-4-7-14-12(15)10-8-9(13)5-6-11(10)18(14,16)17/h5-6,8H,2-4,7H2,1H3. The number of hydrogen-bond donors (Lipinski definition) is 0. The van der Waals surface area contributed by atoms with Gasteiger partial charge in [0.15, 0.2) is 0 Å². The summed E-state index contributed by atoms with van der Waals surface area (Å²) in [5, 5.41) is 0. The third-order valence-electron chi connectivity index (χ3n) is 2.93. The normalized spacial score (nSPS) is 17.0. The third kappa shape index (κ3) is 2.19. The quantitative estimate of drug-likeness (QED) is 0.797. The average Bonchev–Trinajstić information content (AvgIpc) is 2.50. The van der Waals surface area contributed by atoms with Gasteiger partial charge in [-0.2, -0.15) is 0 Å². The minimum atomic E-state index is -3.63. The van der Waals surface area contributed by atoms with Crippen LogP contribution in [-0.2, 0) is 10.0 Å². The van der Waals surface area contributed by atoms with E-state index in [-0.39, 0.29) is 17.0 Å². The molecule has 0 spiro atoms. The van der Waals surface area contributed by atoms with E-state index >= 15 is 0 Å². The van der Waals surface area contributed by atoms with Crippen LogP contribution in [0.3, 0.4) is 0 Å². The van der Waals surface area contributed by atoms with Crippen LogP contribution >= 0.6 is 15.9 Å². The summed E-state index contributed by atoms with van der Waals surface area (Å²) < 4.78 is 26.1. The molecule has 0 N–H and O–H groups in total. The summed E-state index contributed by atoms with van der Waals surface area (Å²) in [6.07, 6.45) is 2.61. The van der Waals surface area contributed by atoms with Crippen LogP contribution in [0.4, 0.5) is 0 Å². The van der Waals surface area contributed by atoms with E-state index in [9.17, 15) is 13.2 Å². The van der Waals surface area contributed by atoms with Crippen LogP contribution in [0.5, 0.6) is 0 Å². The van der Waals surface area contributed by atoms with Crippen molar-refractivity contribution in [1.82, 2.24) is 4.31 Å². The molecule has 0 unspecified atom stereocenters. The van der Waals surface area contributed by atoms with Crippen molar-refractivity contribution in [3.05, 3.63) is 28.2 Å². The number of fused-ring (bicyclic) bond motifs is 1. The van der Waals surface area contributed by atoms with Gasteiger partial charge in [0, 0.05) is 11.0 Å². The van der Waals surface area contributed by atoms with Crippen LogP contribution in [-0.4, -0.2) is 25.2 Å². The first-order valence-electron chi connectivity index (χ1n) is 5.85. The summed E-state index contributed by atoms with van der Waals surface area (Å²) in [5.41, 5.74) is 0.265. The molecule has 0 aliphatic carbocycles. The Hall–Kier alpha value is -0.880. The Morgan fingerprint density at radius 1 is 1.28 bits per heavy atom. The van der Waals surface area contributed by atoms with Gasteiger partial charge < -0.3 is 0 Å². The molecule has 1 amide bonds. The number of benzene rings is 1. The molecule has 98 valence electrons. The number of hydrogen-bond acceptors (Lipinski definition) is 3. The lowest BCUT2D eigenvalue weighted by molar-refractivity contribution is 0.0869. The van der Waals surface area contributed by atoms with Gasteiger partial charge in [-0.15, -0.1) is 0 Å². The van der Waals surface area contributed by atoms with E-state index in [1.807, 2.05) is 6.92 Å². The molecule has 18 heavy (non-hydrogen) atoms. The summed E-state index contributed by atoms with van der Waals surface area (Å²) in [5.74, 6) is -0.414. The zero-order valence-corrected chi connectivity index (χ0v) is 12.4. The van der Waals surface area contributed by atoms with Gasteiger partial charge in [-0.1, -0.05) is 35.7 Å². The van der Waals surface area contributed by atoms with Crippen molar-refractivity contribution in [2.75, 3.05) is 6.54 Å². The molecule has 1 aliphatic rings. The topological polar surface area (TPSA) is 54.5 Å².